The number of nitrogens with two attached hydrogens (primary N) is 1. The van der Waals surface area contributed by atoms with Gasteiger partial charge in [0.15, 0.2) is 5.13 Å². The minimum Gasteiger partial charge on any atom is -0.382 e. The number of alkyl halides is 2. The zero-order valence-electron chi connectivity index (χ0n) is 14.5. The number of nitrogen functional groups attached to an aromatic ring is 1. The maximum Gasteiger partial charge on any atom is 0.244 e. The van der Waals surface area contributed by atoms with Gasteiger partial charge in [-0.05, 0) is 5.92 Å². The highest BCUT2D eigenvalue weighted by Gasteiger charge is 2.22. The second-order valence-electron chi connectivity index (χ2n) is 5.78. The highest BCUT2D eigenvalue weighted by Crippen LogP contribution is 2.28. The molecule has 2 aromatic heterocycles. The van der Waals surface area contributed by atoms with Gasteiger partial charge in [0.1, 0.15) is 16.4 Å². The molecule has 140 valence electrons. The molecule has 0 aromatic carbocycles. The van der Waals surface area contributed by atoms with Gasteiger partial charge in [0, 0.05) is 29.9 Å². The summed E-state index contributed by atoms with van der Waals surface area (Å²) in [5, 5.41) is 7.70. The lowest BCUT2D eigenvalue weighted by Crippen LogP contribution is -2.07. The second-order valence-corrected chi connectivity index (χ2v) is 7.40. The Morgan fingerprint density at radius 2 is 2.19 bits per heavy atom. The van der Waals surface area contributed by atoms with E-state index in [0.29, 0.717) is 33.4 Å². The van der Waals surface area contributed by atoms with Gasteiger partial charge >= 0.3 is 0 Å². The molecule has 0 spiro atoms. The molecule has 0 amide bonds. The average Bonchev–Trinajstić information content (AvgIpc) is 3.23. The van der Waals surface area contributed by atoms with Crippen LogP contribution in [0.3, 0.4) is 0 Å². The lowest BCUT2D eigenvalue weighted by atomic mass is 10.1. The molecular weight excluding hydrogens is 395 g/mol. The van der Waals surface area contributed by atoms with Crippen molar-refractivity contribution in [3.63, 3.8) is 0 Å². The minimum absolute atomic E-state index is 0.0884. The van der Waals surface area contributed by atoms with Crippen molar-refractivity contribution in [3.8, 4) is 0 Å². The molecule has 0 radical (unpaired) electrons. The third-order valence-corrected chi connectivity index (χ3v) is 4.59. The SMILES string of the molecule is CC(C)CNc1nc(N)c(C(=O)c2cc(C(/C=C\CCl)=C/CCl)no2)s1. The highest BCUT2D eigenvalue weighted by atomic mass is 35.5. The predicted octanol–water partition coefficient (Wildman–Crippen LogP) is 4.43. The molecule has 0 aliphatic rings. The Bertz CT molecular complexity index is 812. The van der Waals surface area contributed by atoms with Crippen LogP contribution in [0.2, 0.25) is 0 Å². The number of carbonyl (C=O) groups is 1. The van der Waals surface area contributed by atoms with Crippen molar-refractivity contribution in [2.45, 2.75) is 13.8 Å². The topological polar surface area (TPSA) is 94.0 Å². The van der Waals surface area contributed by atoms with Gasteiger partial charge in [-0.1, -0.05) is 48.6 Å². The fraction of sp³-hybridized carbons (Fsp3) is 0.353. The van der Waals surface area contributed by atoms with Crippen molar-refractivity contribution in [1.82, 2.24) is 10.1 Å². The van der Waals surface area contributed by atoms with Gasteiger partial charge in [-0.2, -0.15) is 0 Å². The van der Waals surface area contributed by atoms with E-state index in [1.165, 1.54) is 11.3 Å². The fourth-order valence-corrected chi connectivity index (χ4v) is 3.10. The second kappa shape index (κ2) is 9.75. The summed E-state index contributed by atoms with van der Waals surface area (Å²) >= 11 is 12.6. The van der Waals surface area contributed by atoms with Crippen LogP contribution in [0, 0.1) is 5.92 Å². The summed E-state index contributed by atoms with van der Waals surface area (Å²) in [5.41, 5.74) is 7.11. The molecule has 0 fully saturated rings. The van der Waals surface area contributed by atoms with Gasteiger partial charge in [-0.15, -0.1) is 23.2 Å². The van der Waals surface area contributed by atoms with E-state index < -0.39 is 0 Å². The molecule has 0 saturated heterocycles. The van der Waals surface area contributed by atoms with E-state index in [9.17, 15) is 4.79 Å². The molecule has 2 aromatic rings. The van der Waals surface area contributed by atoms with Crippen LogP contribution in [0.5, 0.6) is 0 Å². The predicted molar refractivity (Wildman–Crippen MR) is 108 cm³/mol. The van der Waals surface area contributed by atoms with E-state index in [0.717, 1.165) is 12.1 Å². The molecule has 6 nitrogen and oxygen atoms in total. The summed E-state index contributed by atoms with van der Waals surface area (Å²) in [5.74, 6) is 0.998. The van der Waals surface area contributed by atoms with E-state index in [1.807, 2.05) is 0 Å². The first kappa shape index (κ1) is 20.5. The fourth-order valence-electron chi connectivity index (χ4n) is 2.00. The molecule has 26 heavy (non-hydrogen) atoms. The summed E-state index contributed by atoms with van der Waals surface area (Å²) in [4.78, 5) is 17.2. The lowest BCUT2D eigenvalue weighted by Gasteiger charge is -2.04. The Morgan fingerprint density at radius 3 is 2.85 bits per heavy atom. The zero-order chi connectivity index (χ0) is 19.1. The van der Waals surface area contributed by atoms with Crippen LogP contribution >= 0.6 is 34.5 Å². The average molecular weight is 415 g/mol. The van der Waals surface area contributed by atoms with Crippen molar-refractivity contribution in [3.05, 3.63) is 40.6 Å². The quantitative estimate of drug-likeness (QED) is 0.358. The molecule has 0 bridgehead atoms. The van der Waals surface area contributed by atoms with E-state index in [2.05, 4.69) is 29.3 Å². The number of hydrogen-bond donors (Lipinski definition) is 2. The van der Waals surface area contributed by atoms with Crippen LogP contribution < -0.4 is 11.1 Å². The van der Waals surface area contributed by atoms with Gasteiger partial charge in [-0.3, -0.25) is 4.79 Å². The Hall–Kier alpha value is -1.83. The van der Waals surface area contributed by atoms with Crippen molar-refractivity contribution in [2.75, 3.05) is 29.4 Å². The van der Waals surface area contributed by atoms with Crippen LogP contribution in [-0.2, 0) is 0 Å². The van der Waals surface area contributed by atoms with Crippen molar-refractivity contribution in [1.29, 1.82) is 0 Å². The van der Waals surface area contributed by atoms with Crippen LogP contribution in [0.4, 0.5) is 10.9 Å². The molecule has 9 heteroatoms. The smallest absolute Gasteiger partial charge is 0.244 e. The first-order valence-electron chi connectivity index (χ1n) is 7.96. The normalized spacial score (nSPS) is 12.3. The van der Waals surface area contributed by atoms with E-state index in [1.54, 1.807) is 24.3 Å². The van der Waals surface area contributed by atoms with E-state index in [-0.39, 0.29) is 17.4 Å². The third kappa shape index (κ3) is 5.33. The maximum atomic E-state index is 12.7. The first-order chi connectivity index (χ1) is 12.5. The molecule has 3 N–H and O–H groups in total. The number of ketones is 1. The van der Waals surface area contributed by atoms with Gasteiger partial charge < -0.3 is 15.6 Å². The number of nitrogens with one attached hydrogen (secondary N) is 1. The monoisotopic (exact) mass is 414 g/mol. The molecule has 0 aliphatic carbocycles. The Kier molecular flexibility index (Phi) is 7.68. The number of allylic oxidation sites excluding steroid dienone is 4. The Morgan fingerprint density at radius 1 is 1.42 bits per heavy atom. The van der Waals surface area contributed by atoms with Crippen LogP contribution in [0.25, 0.3) is 5.57 Å². The zero-order valence-corrected chi connectivity index (χ0v) is 16.8. The molecule has 0 unspecified atom stereocenters. The Balaban J connectivity index is 2.22. The van der Waals surface area contributed by atoms with E-state index >= 15 is 0 Å². The Labute approximate surface area is 166 Å². The first-order valence-corrected chi connectivity index (χ1v) is 9.85. The number of rotatable bonds is 9. The van der Waals surface area contributed by atoms with Crippen LogP contribution in [-0.4, -0.2) is 34.2 Å². The summed E-state index contributed by atoms with van der Waals surface area (Å²) < 4.78 is 5.20. The van der Waals surface area contributed by atoms with Gasteiger partial charge in [0.25, 0.3) is 0 Å². The number of nitrogens with zero attached hydrogens (tertiary/aromatic N) is 2. The molecule has 0 saturated carbocycles. The number of thiazole rings is 1. The summed E-state index contributed by atoms with van der Waals surface area (Å²) in [7, 11) is 0. The summed E-state index contributed by atoms with van der Waals surface area (Å²) in [6.45, 7) is 4.90. The molecule has 0 aliphatic heterocycles. The number of carbonyl (C=O) groups excluding carboxylic acids is 1. The highest BCUT2D eigenvalue weighted by molar-refractivity contribution is 7.18. The van der Waals surface area contributed by atoms with Crippen LogP contribution in [0.1, 0.15) is 35.0 Å². The summed E-state index contributed by atoms with van der Waals surface area (Å²) in [6, 6.07) is 1.56. The molecule has 2 heterocycles. The van der Waals surface area contributed by atoms with Gasteiger partial charge in [0.05, 0.1) is 0 Å². The molecule has 0 atom stereocenters. The van der Waals surface area contributed by atoms with Crippen molar-refractivity contribution in [2.24, 2.45) is 5.92 Å². The lowest BCUT2D eigenvalue weighted by molar-refractivity contribution is 0.100. The van der Waals surface area contributed by atoms with Crippen LogP contribution in [0.15, 0.2) is 28.8 Å². The number of aromatic nitrogens is 2. The van der Waals surface area contributed by atoms with Crippen molar-refractivity contribution >= 4 is 56.8 Å². The number of halogens is 2. The molecular formula is C17H20Cl2N4O2S. The number of hydrogen-bond acceptors (Lipinski definition) is 7. The van der Waals surface area contributed by atoms with E-state index in [4.69, 9.17) is 33.5 Å². The van der Waals surface area contributed by atoms with Gasteiger partial charge in [-0.25, -0.2) is 4.98 Å². The standard InChI is InChI=1S/C17H20Cl2N4O2S/c1-10(2)9-21-17-22-16(20)15(26-17)14(24)13-8-12(23-25-13)11(5-7-19)4-3-6-18/h3-5,8,10H,6-7,9,20H2,1-2H3,(H,21,22)/b4-3-,11-5+. The van der Waals surface area contributed by atoms with Gasteiger partial charge in [0.2, 0.25) is 11.5 Å². The number of anilines is 2. The largest absolute Gasteiger partial charge is 0.382 e. The maximum absolute atomic E-state index is 12.7. The minimum atomic E-state index is -0.358. The van der Waals surface area contributed by atoms with Crippen molar-refractivity contribution < 1.29 is 9.32 Å². The third-order valence-electron chi connectivity index (χ3n) is 3.23. The summed E-state index contributed by atoms with van der Waals surface area (Å²) in [6.07, 6.45) is 5.28. The molecule has 2 rings (SSSR count).